The molecule has 2 aromatic rings. The van der Waals surface area contributed by atoms with E-state index < -0.39 is 0 Å². The maximum atomic E-state index is 9.80. The van der Waals surface area contributed by atoms with Gasteiger partial charge in [0.05, 0.1) is 0 Å². The van der Waals surface area contributed by atoms with Crippen LogP contribution in [0.2, 0.25) is 0 Å². The number of hydrogen-bond acceptors (Lipinski definition) is 3. The highest BCUT2D eigenvalue weighted by Gasteiger charge is 2.11. The Morgan fingerprint density at radius 2 is 1.35 bits per heavy atom. The first-order chi connectivity index (χ1) is 7.97. The summed E-state index contributed by atoms with van der Waals surface area (Å²) in [7, 11) is 0. The van der Waals surface area contributed by atoms with Crippen LogP contribution in [0.15, 0.2) is 30.3 Å². The summed E-state index contributed by atoms with van der Waals surface area (Å²) in [5.74, 6) is -0.610. The van der Waals surface area contributed by atoms with Crippen LogP contribution in [0.25, 0.3) is 11.1 Å². The first-order valence-corrected chi connectivity index (χ1v) is 5.31. The lowest BCUT2D eigenvalue weighted by Gasteiger charge is -2.09. The Labute approximate surface area is 99.6 Å². The van der Waals surface area contributed by atoms with Crippen molar-refractivity contribution in [2.75, 3.05) is 0 Å². The molecule has 3 heteroatoms. The standard InChI is InChI=1S/C14H14O3/c1-8-3-9(2)5-10(4-8)12-6-11(15)7-13(16)14(12)17/h3-7,15-17H,1-2H3. The van der Waals surface area contributed by atoms with Gasteiger partial charge in [-0.15, -0.1) is 0 Å². The van der Waals surface area contributed by atoms with Gasteiger partial charge in [0.15, 0.2) is 11.5 Å². The van der Waals surface area contributed by atoms with Gasteiger partial charge in [-0.05, 0) is 25.5 Å². The van der Waals surface area contributed by atoms with Crippen LogP contribution in [-0.4, -0.2) is 15.3 Å². The van der Waals surface area contributed by atoms with E-state index >= 15 is 0 Å². The van der Waals surface area contributed by atoms with E-state index in [2.05, 4.69) is 0 Å². The summed E-state index contributed by atoms with van der Waals surface area (Å²) in [4.78, 5) is 0. The topological polar surface area (TPSA) is 60.7 Å². The fourth-order valence-corrected chi connectivity index (χ4v) is 1.95. The Bertz CT molecular complexity index is 554. The van der Waals surface area contributed by atoms with Crippen molar-refractivity contribution in [3.8, 4) is 28.4 Å². The molecule has 0 spiro atoms. The van der Waals surface area contributed by atoms with Crippen molar-refractivity contribution in [2.24, 2.45) is 0 Å². The number of phenols is 3. The van der Waals surface area contributed by atoms with Gasteiger partial charge in [-0.3, -0.25) is 0 Å². The predicted octanol–water partition coefficient (Wildman–Crippen LogP) is 3.09. The molecule has 2 aromatic carbocycles. The quantitative estimate of drug-likeness (QED) is 0.521. The smallest absolute Gasteiger partial charge is 0.165 e. The molecule has 0 unspecified atom stereocenters. The highest BCUT2D eigenvalue weighted by Crippen LogP contribution is 2.40. The van der Waals surface area contributed by atoms with E-state index in [1.165, 1.54) is 6.07 Å². The molecule has 0 amide bonds. The second-order valence-corrected chi connectivity index (χ2v) is 4.24. The molecule has 0 aliphatic carbocycles. The van der Waals surface area contributed by atoms with Crippen molar-refractivity contribution in [3.63, 3.8) is 0 Å². The molecule has 17 heavy (non-hydrogen) atoms. The number of phenolic OH excluding ortho intramolecular Hbond substituents is 3. The number of rotatable bonds is 1. The summed E-state index contributed by atoms with van der Waals surface area (Å²) in [6, 6.07) is 8.34. The van der Waals surface area contributed by atoms with Gasteiger partial charge < -0.3 is 15.3 Å². The largest absolute Gasteiger partial charge is 0.508 e. The van der Waals surface area contributed by atoms with Crippen molar-refractivity contribution in [3.05, 3.63) is 41.5 Å². The monoisotopic (exact) mass is 230 g/mol. The van der Waals surface area contributed by atoms with Gasteiger partial charge in [0, 0.05) is 11.6 Å². The SMILES string of the molecule is Cc1cc(C)cc(-c2cc(O)cc(O)c2O)c1. The molecule has 0 aliphatic heterocycles. The van der Waals surface area contributed by atoms with Crippen LogP contribution < -0.4 is 0 Å². The van der Waals surface area contributed by atoms with Gasteiger partial charge in [0.2, 0.25) is 0 Å². The van der Waals surface area contributed by atoms with Crippen molar-refractivity contribution in [1.29, 1.82) is 0 Å². The summed E-state index contributed by atoms with van der Waals surface area (Å²) in [5, 5.41) is 28.7. The summed E-state index contributed by atoms with van der Waals surface area (Å²) < 4.78 is 0. The second kappa shape index (κ2) is 4.01. The molecule has 2 rings (SSSR count). The minimum Gasteiger partial charge on any atom is -0.508 e. The van der Waals surface area contributed by atoms with Crippen LogP contribution in [-0.2, 0) is 0 Å². The molecule has 0 heterocycles. The van der Waals surface area contributed by atoms with Crippen molar-refractivity contribution >= 4 is 0 Å². The first kappa shape index (κ1) is 11.3. The van der Waals surface area contributed by atoms with Crippen LogP contribution in [0.1, 0.15) is 11.1 Å². The average molecular weight is 230 g/mol. The minimum atomic E-state index is -0.320. The Kier molecular flexibility index (Phi) is 2.68. The molecular formula is C14H14O3. The van der Waals surface area contributed by atoms with Crippen LogP contribution in [0.3, 0.4) is 0 Å². The highest BCUT2D eigenvalue weighted by molar-refractivity contribution is 5.75. The number of benzene rings is 2. The summed E-state index contributed by atoms with van der Waals surface area (Å²) in [6.07, 6.45) is 0. The molecule has 88 valence electrons. The van der Waals surface area contributed by atoms with Gasteiger partial charge >= 0.3 is 0 Å². The van der Waals surface area contributed by atoms with Crippen LogP contribution in [0, 0.1) is 13.8 Å². The molecule has 0 bridgehead atoms. The zero-order valence-electron chi connectivity index (χ0n) is 9.73. The van der Waals surface area contributed by atoms with Crippen molar-refractivity contribution < 1.29 is 15.3 Å². The van der Waals surface area contributed by atoms with E-state index in [0.29, 0.717) is 5.56 Å². The van der Waals surface area contributed by atoms with Crippen LogP contribution >= 0.6 is 0 Å². The average Bonchev–Trinajstić information content (AvgIpc) is 2.22. The van der Waals surface area contributed by atoms with Gasteiger partial charge in [0.1, 0.15) is 5.75 Å². The van der Waals surface area contributed by atoms with E-state index in [4.69, 9.17) is 0 Å². The van der Waals surface area contributed by atoms with Gasteiger partial charge in [-0.25, -0.2) is 0 Å². The lowest BCUT2D eigenvalue weighted by molar-refractivity contribution is 0.398. The Hall–Kier alpha value is -2.16. The minimum absolute atomic E-state index is 0.0746. The van der Waals surface area contributed by atoms with Crippen LogP contribution in [0.5, 0.6) is 17.2 Å². The number of aromatic hydroxyl groups is 3. The predicted molar refractivity (Wildman–Crippen MR) is 66.3 cm³/mol. The lowest BCUT2D eigenvalue weighted by atomic mass is 9.99. The third kappa shape index (κ3) is 2.18. The molecule has 0 fully saturated rings. The maximum Gasteiger partial charge on any atom is 0.165 e. The van der Waals surface area contributed by atoms with E-state index in [0.717, 1.165) is 22.8 Å². The lowest BCUT2D eigenvalue weighted by Crippen LogP contribution is -1.84. The maximum absolute atomic E-state index is 9.80. The molecule has 3 nitrogen and oxygen atoms in total. The second-order valence-electron chi connectivity index (χ2n) is 4.24. The summed E-state index contributed by atoms with van der Waals surface area (Å²) in [5.41, 5.74) is 3.31. The zero-order chi connectivity index (χ0) is 12.6. The molecule has 3 N–H and O–H groups in total. The third-order valence-electron chi connectivity index (χ3n) is 2.61. The molecule has 0 saturated heterocycles. The van der Waals surface area contributed by atoms with Crippen LogP contribution in [0.4, 0.5) is 0 Å². The Morgan fingerprint density at radius 3 is 1.94 bits per heavy atom. The van der Waals surface area contributed by atoms with Gasteiger partial charge in [-0.1, -0.05) is 29.3 Å². The molecular weight excluding hydrogens is 216 g/mol. The molecule has 0 atom stereocenters. The van der Waals surface area contributed by atoms with Gasteiger partial charge in [0.25, 0.3) is 0 Å². The van der Waals surface area contributed by atoms with Crippen molar-refractivity contribution in [2.45, 2.75) is 13.8 Å². The summed E-state index contributed by atoms with van der Waals surface area (Å²) >= 11 is 0. The normalized spacial score (nSPS) is 10.5. The first-order valence-electron chi connectivity index (χ1n) is 5.31. The summed E-state index contributed by atoms with van der Waals surface area (Å²) in [6.45, 7) is 3.91. The highest BCUT2D eigenvalue weighted by atomic mass is 16.3. The molecule has 0 aromatic heterocycles. The van der Waals surface area contributed by atoms with E-state index in [1.54, 1.807) is 0 Å². The Balaban J connectivity index is 2.67. The van der Waals surface area contributed by atoms with E-state index in [1.807, 2.05) is 32.0 Å². The van der Waals surface area contributed by atoms with E-state index in [-0.39, 0.29) is 17.2 Å². The molecule has 0 saturated carbocycles. The number of aryl methyl sites for hydroxylation is 2. The van der Waals surface area contributed by atoms with E-state index in [9.17, 15) is 15.3 Å². The zero-order valence-corrected chi connectivity index (χ0v) is 9.73. The number of hydrogen-bond donors (Lipinski definition) is 3. The third-order valence-corrected chi connectivity index (χ3v) is 2.61. The Morgan fingerprint density at radius 1 is 0.765 bits per heavy atom. The fourth-order valence-electron chi connectivity index (χ4n) is 1.95. The molecule has 0 radical (unpaired) electrons. The van der Waals surface area contributed by atoms with Crippen molar-refractivity contribution in [1.82, 2.24) is 0 Å². The fraction of sp³-hybridized carbons (Fsp3) is 0.143. The van der Waals surface area contributed by atoms with Gasteiger partial charge in [-0.2, -0.15) is 0 Å². The molecule has 0 aliphatic rings.